The molecule has 0 aromatic carbocycles. The summed E-state index contributed by atoms with van der Waals surface area (Å²) in [6.45, 7) is 6.46. The number of rotatable bonds is 5. The van der Waals surface area contributed by atoms with E-state index in [0.29, 0.717) is 13.0 Å². The first-order valence-electron chi connectivity index (χ1n) is 4.52. The summed E-state index contributed by atoms with van der Waals surface area (Å²) in [4.78, 5) is 10.9. The summed E-state index contributed by atoms with van der Waals surface area (Å²) in [6, 6.07) is 0. The lowest BCUT2D eigenvalue weighted by molar-refractivity contribution is -0.142. The molecule has 0 heterocycles. The maximum absolute atomic E-state index is 10.9. The van der Waals surface area contributed by atoms with Crippen LogP contribution in [0.3, 0.4) is 0 Å². The number of carbonyl (C=O) groups is 1. The van der Waals surface area contributed by atoms with E-state index < -0.39 is 0 Å². The zero-order valence-corrected chi connectivity index (χ0v) is 8.22. The lowest BCUT2D eigenvalue weighted by Gasteiger charge is -2.03. The molecule has 0 spiro atoms. The van der Waals surface area contributed by atoms with Crippen molar-refractivity contribution >= 4 is 5.97 Å². The van der Waals surface area contributed by atoms with Gasteiger partial charge in [0, 0.05) is 6.42 Å². The number of ether oxygens (including phenoxy) is 1. The molecule has 0 rings (SSSR count). The van der Waals surface area contributed by atoms with Crippen LogP contribution in [0.25, 0.3) is 0 Å². The fourth-order valence-corrected chi connectivity index (χ4v) is 0.878. The zero-order valence-electron chi connectivity index (χ0n) is 8.22. The topological polar surface area (TPSA) is 26.3 Å². The first-order valence-corrected chi connectivity index (χ1v) is 4.52. The van der Waals surface area contributed by atoms with Crippen LogP contribution in [0.2, 0.25) is 0 Å². The van der Waals surface area contributed by atoms with Crippen LogP contribution >= 0.6 is 0 Å². The molecule has 0 fully saturated rings. The van der Waals surface area contributed by atoms with Crippen LogP contribution < -0.4 is 0 Å². The molecule has 0 unspecified atom stereocenters. The second-order valence-corrected chi connectivity index (χ2v) is 2.87. The van der Waals surface area contributed by atoms with E-state index in [9.17, 15) is 4.79 Å². The van der Waals surface area contributed by atoms with Gasteiger partial charge in [0.25, 0.3) is 0 Å². The molecular weight excluding hydrogens is 152 g/mol. The molecule has 0 N–H and O–H groups in total. The van der Waals surface area contributed by atoms with Gasteiger partial charge in [0.1, 0.15) is 6.61 Å². The van der Waals surface area contributed by atoms with Crippen molar-refractivity contribution in [3.63, 3.8) is 0 Å². The molecule has 0 radical (unpaired) electrons. The van der Waals surface area contributed by atoms with E-state index in [1.54, 1.807) is 0 Å². The Bertz CT molecular complexity index is 159. The van der Waals surface area contributed by atoms with Gasteiger partial charge < -0.3 is 4.74 Å². The summed E-state index contributed by atoms with van der Waals surface area (Å²) >= 11 is 0. The average Bonchev–Trinajstić information content (AvgIpc) is 2.02. The van der Waals surface area contributed by atoms with E-state index >= 15 is 0 Å². The molecule has 0 aliphatic heterocycles. The zero-order chi connectivity index (χ0) is 9.40. The van der Waals surface area contributed by atoms with Gasteiger partial charge in [0.2, 0.25) is 0 Å². The lowest BCUT2D eigenvalue weighted by Crippen LogP contribution is -2.05. The van der Waals surface area contributed by atoms with Crippen LogP contribution in [0.5, 0.6) is 0 Å². The lowest BCUT2D eigenvalue weighted by atomic mass is 10.2. The molecule has 0 aromatic rings. The molecule has 0 saturated carbocycles. The normalized spacial score (nSPS) is 11.4. The largest absolute Gasteiger partial charge is 0.461 e. The van der Waals surface area contributed by atoms with Gasteiger partial charge in [-0.05, 0) is 25.3 Å². The first-order chi connectivity index (χ1) is 5.70. The number of hydrogen-bond acceptors (Lipinski definition) is 2. The predicted octanol–water partition coefficient (Wildman–Crippen LogP) is 2.69. The minimum Gasteiger partial charge on any atom is -0.461 e. The van der Waals surface area contributed by atoms with Gasteiger partial charge in [-0.2, -0.15) is 0 Å². The Morgan fingerprint density at radius 2 is 2.08 bits per heavy atom. The maximum atomic E-state index is 10.9. The second-order valence-electron chi connectivity index (χ2n) is 2.87. The van der Waals surface area contributed by atoms with E-state index in [4.69, 9.17) is 4.74 Å². The Morgan fingerprint density at radius 1 is 1.42 bits per heavy atom. The summed E-state index contributed by atoms with van der Waals surface area (Å²) < 4.78 is 4.99. The van der Waals surface area contributed by atoms with E-state index in [-0.39, 0.29) is 5.97 Å². The summed E-state index contributed by atoms with van der Waals surface area (Å²) in [5.74, 6) is -0.0960. The van der Waals surface area contributed by atoms with Crippen molar-refractivity contribution in [2.75, 3.05) is 6.61 Å². The van der Waals surface area contributed by atoms with Crippen molar-refractivity contribution in [3.8, 4) is 0 Å². The van der Waals surface area contributed by atoms with E-state index in [1.807, 2.05) is 13.8 Å². The van der Waals surface area contributed by atoms with Gasteiger partial charge in [-0.1, -0.05) is 19.9 Å². The third-order valence-electron chi connectivity index (χ3n) is 1.47. The molecule has 0 atom stereocenters. The van der Waals surface area contributed by atoms with Crippen molar-refractivity contribution in [2.45, 2.75) is 40.0 Å². The van der Waals surface area contributed by atoms with Crippen molar-refractivity contribution in [1.82, 2.24) is 0 Å². The van der Waals surface area contributed by atoms with Crippen molar-refractivity contribution in [3.05, 3.63) is 11.6 Å². The molecule has 12 heavy (non-hydrogen) atoms. The van der Waals surface area contributed by atoms with Gasteiger partial charge in [0.15, 0.2) is 0 Å². The molecule has 0 amide bonds. The van der Waals surface area contributed by atoms with Gasteiger partial charge in [-0.15, -0.1) is 0 Å². The third kappa shape index (κ3) is 5.96. The third-order valence-corrected chi connectivity index (χ3v) is 1.47. The molecule has 2 heteroatoms. The Kier molecular flexibility index (Phi) is 6.44. The van der Waals surface area contributed by atoms with Crippen LogP contribution in [0.1, 0.15) is 40.0 Å². The van der Waals surface area contributed by atoms with Gasteiger partial charge in [0.05, 0.1) is 0 Å². The summed E-state index contributed by atoms with van der Waals surface area (Å²) in [7, 11) is 0. The SMILES string of the molecule is CCC=C(C)COC(=O)CCC. The van der Waals surface area contributed by atoms with Crippen molar-refractivity contribution in [2.24, 2.45) is 0 Å². The molecule has 0 aliphatic rings. The quantitative estimate of drug-likeness (QED) is 0.468. The fourth-order valence-electron chi connectivity index (χ4n) is 0.878. The molecule has 0 bridgehead atoms. The predicted molar refractivity (Wildman–Crippen MR) is 49.9 cm³/mol. The highest BCUT2D eigenvalue weighted by molar-refractivity contribution is 5.69. The molecule has 2 nitrogen and oxygen atoms in total. The van der Waals surface area contributed by atoms with Crippen LogP contribution in [0, 0.1) is 0 Å². The number of esters is 1. The molecule has 0 saturated heterocycles. The van der Waals surface area contributed by atoms with Crippen LogP contribution in [0.15, 0.2) is 11.6 Å². The Hall–Kier alpha value is -0.790. The van der Waals surface area contributed by atoms with Crippen LogP contribution in [-0.2, 0) is 9.53 Å². The van der Waals surface area contributed by atoms with Crippen LogP contribution in [0.4, 0.5) is 0 Å². The maximum Gasteiger partial charge on any atom is 0.306 e. The fraction of sp³-hybridized carbons (Fsp3) is 0.700. The monoisotopic (exact) mass is 170 g/mol. The second kappa shape index (κ2) is 6.89. The van der Waals surface area contributed by atoms with E-state index in [0.717, 1.165) is 18.4 Å². The molecular formula is C10H18O2. The minimum absolute atomic E-state index is 0.0960. The Balaban J connectivity index is 3.53. The van der Waals surface area contributed by atoms with Crippen molar-refractivity contribution in [1.29, 1.82) is 0 Å². The standard InChI is InChI=1S/C10H18O2/c1-4-6-9(3)8-12-10(11)7-5-2/h6H,4-5,7-8H2,1-3H3. The highest BCUT2D eigenvalue weighted by atomic mass is 16.5. The van der Waals surface area contributed by atoms with E-state index in [1.165, 1.54) is 0 Å². The van der Waals surface area contributed by atoms with Crippen molar-refractivity contribution < 1.29 is 9.53 Å². The van der Waals surface area contributed by atoms with Gasteiger partial charge in [-0.3, -0.25) is 4.79 Å². The Morgan fingerprint density at radius 3 is 2.58 bits per heavy atom. The highest BCUT2D eigenvalue weighted by Gasteiger charge is 1.99. The van der Waals surface area contributed by atoms with E-state index in [2.05, 4.69) is 13.0 Å². The summed E-state index contributed by atoms with van der Waals surface area (Å²) in [6.07, 6.45) is 4.45. The average molecular weight is 170 g/mol. The minimum atomic E-state index is -0.0960. The number of allylic oxidation sites excluding steroid dienone is 1. The molecule has 70 valence electrons. The van der Waals surface area contributed by atoms with Gasteiger partial charge >= 0.3 is 5.97 Å². The smallest absolute Gasteiger partial charge is 0.306 e. The summed E-state index contributed by atoms with van der Waals surface area (Å²) in [5, 5.41) is 0. The highest BCUT2D eigenvalue weighted by Crippen LogP contribution is 1.98. The number of carbonyl (C=O) groups excluding carboxylic acids is 1. The Labute approximate surface area is 74.6 Å². The van der Waals surface area contributed by atoms with Crippen LogP contribution in [-0.4, -0.2) is 12.6 Å². The first kappa shape index (κ1) is 11.2. The summed E-state index contributed by atoms with van der Waals surface area (Å²) in [5.41, 5.74) is 1.13. The molecule has 0 aliphatic carbocycles. The number of hydrogen-bond donors (Lipinski definition) is 0. The van der Waals surface area contributed by atoms with Gasteiger partial charge in [-0.25, -0.2) is 0 Å². The molecule has 0 aromatic heterocycles.